The first-order chi connectivity index (χ1) is 33.0. The Labute approximate surface area is 461 Å². The minimum atomic E-state index is -4.61. The first-order valence-corrected chi connectivity index (χ1v) is 32.2. The Kier molecular flexibility index (Phi) is 63.4. The molecule has 0 rings (SSSR count). The molecule has 69 heavy (non-hydrogen) atoms. The van der Waals surface area contributed by atoms with Crippen molar-refractivity contribution < 1.29 is 34.3 Å². The number of unbranched alkanes of at least 4 members (excludes halogenated alkanes) is 40. The van der Waals surface area contributed by atoms with Gasteiger partial charge >= 0.3 is 37.7 Å². The third-order valence-corrected chi connectivity index (χ3v) is 14.3. The smallest absolute Gasteiger partial charge is 0.726 e. The molecule has 0 amide bonds. The van der Waals surface area contributed by atoms with Crippen molar-refractivity contribution in [2.45, 2.75) is 323 Å². The van der Waals surface area contributed by atoms with Crippen LogP contribution in [0.1, 0.15) is 323 Å². The Balaban J connectivity index is -0.00000124. The Bertz CT molecular complexity index is 1160. The van der Waals surface area contributed by atoms with Gasteiger partial charge in [-0.3, -0.25) is 8.37 Å². The third-order valence-electron chi connectivity index (χ3n) is 13.5. The van der Waals surface area contributed by atoms with Crippen LogP contribution in [0.15, 0.2) is 24.3 Å². The molecule has 0 N–H and O–H groups in total. The van der Waals surface area contributed by atoms with E-state index in [2.05, 4.69) is 60.4 Å². The molecule has 0 aromatic rings. The first-order valence-electron chi connectivity index (χ1n) is 29.5. The van der Waals surface area contributed by atoms with Crippen LogP contribution < -0.4 is 0 Å². The topological polar surface area (TPSA) is 133 Å². The van der Waals surface area contributed by atoms with Crippen LogP contribution in [0.25, 0.3) is 0 Å². The standard InChI is InChI=1S/2C29H58O4S.Ca/c2*1-3-5-7-9-11-13-14-15-16-17-19-21-23-25-27-29(28-33-34(30,31)32)26-24-22-20-18-12-10-8-6-4-2;/h2*25,27,29H,3-24,26,28H2,1-2H3,(H,30,31,32);/q;;+2/p-2/b2*27-25+;. The SMILES string of the molecule is CCCCCCCCCCCCCC/C=C/C(CCCCCCCCCCC)COS(=O)(=O)[O-].CCCCCCCCCCCCCC/C=C/C(CCCCCCCCCCC)COS(=O)(=O)[O-].[Ca+2]. The van der Waals surface area contributed by atoms with E-state index in [9.17, 15) is 25.9 Å². The summed E-state index contributed by atoms with van der Waals surface area (Å²) in [6, 6.07) is 0. The zero-order chi connectivity index (χ0) is 50.3. The van der Waals surface area contributed by atoms with Gasteiger partial charge in [0.15, 0.2) is 0 Å². The molecule has 0 radical (unpaired) electrons. The van der Waals surface area contributed by atoms with Gasteiger partial charge in [0.2, 0.25) is 20.8 Å². The maximum Gasteiger partial charge on any atom is 2.00 e. The number of rotatable bonds is 54. The molecule has 0 spiro atoms. The molecule has 0 saturated carbocycles. The summed E-state index contributed by atoms with van der Waals surface area (Å²) in [5.74, 6) is 0.0382. The average Bonchev–Trinajstić information content (AvgIpc) is 3.30. The molecule has 0 bridgehead atoms. The molecule has 11 heteroatoms. The maximum atomic E-state index is 10.9. The average molecular weight is 1040 g/mol. The van der Waals surface area contributed by atoms with Gasteiger partial charge in [0.1, 0.15) is 0 Å². The van der Waals surface area contributed by atoms with Crippen molar-refractivity contribution in [1.82, 2.24) is 0 Å². The van der Waals surface area contributed by atoms with Crippen molar-refractivity contribution in [3.05, 3.63) is 24.3 Å². The predicted octanol–water partition coefficient (Wildman–Crippen LogP) is 18.9. The van der Waals surface area contributed by atoms with Gasteiger partial charge in [0.05, 0.1) is 13.2 Å². The summed E-state index contributed by atoms with van der Waals surface area (Å²) in [7, 11) is -9.22. The number of hydrogen-bond acceptors (Lipinski definition) is 8. The van der Waals surface area contributed by atoms with E-state index in [1.165, 1.54) is 257 Å². The van der Waals surface area contributed by atoms with Crippen molar-refractivity contribution in [1.29, 1.82) is 0 Å². The molecule has 2 atom stereocenters. The fraction of sp³-hybridized carbons (Fsp3) is 0.931. The molecule has 0 aromatic carbocycles. The van der Waals surface area contributed by atoms with Gasteiger partial charge in [-0.2, -0.15) is 0 Å². The second-order valence-corrected chi connectivity index (χ2v) is 22.5. The van der Waals surface area contributed by atoms with Crippen LogP contribution >= 0.6 is 0 Å². The van der Waals surface area contributed by atoms with Gasteiger partial charge < -0.3 is 9.11 Å². The zero-order valence-corrected chi connectivity index (χ0v) is 50.0. The molecule has 0 aromatic heterocycles. The summed E-state index contributed by atoms with van der Waals surface area (Å²) in [4.78, 5) is 0. The van der Waals surface area contributed by atoms with Crippen molar-refractivity contribution in [3.8, 4) is 0 Å². The molecular weight excluding hydrogens is 929 g/mol. The van der Waals surface area contributed by atoms with E-state index in [0.717, 1.165) is 38.5 Å². The van der Waals surface area contributed by atoms with E-state index in [0.29, 0.717) is 0 Å². The molecule has 0 aliphatic carbocycles. The molecule has 0 aliphatic rings. The number of allylic oxidation sites excluding steroid dienone is 2. The van der Waals surface area contributed by atoms with Gasteiger partial charge in [0, 0.05) is 11.8 Å². The Hall–Kier alpha value is 0.480. The molecule has 0 saturated heterocycles. The molecule has 408 valence electrons. The quantitative estimate of drug-likeness (QED) is 0.0193. The summed E-state index contributed by atoms with van der Waals surface area (Å²) in [6.45, 7) is 8.98. The summed E-state index contributed by atoms with van der Waals surface area (Å²) in [5.41, 5.74) is 0. The molecule has 8 nitrogen and oxygen atoms in total. The fourth-order valence-electron chi connectivity index (χ4n) is 9.03. The summed E-state index contributed by atoms with van der Waals surface area (Å²) in [6.07, 6.45) is 67.4. The van der Waals surface area contributed by atoms with E-state index in [-0.39, 0.29) is 62.8 Å². The van der Waals surface area contributed by atoms with Crippen LogP contribution in [0.4, 0.5) is 0 Å². The molecular formula is C58H114CaO8S2. The summed E-state index contributed by atoms with van der Waals surface area (Å²) < 4.78 is 74.3. The van der Waals surface area contributed by atoms with Crippen LogP contribution in [0.3, 0.4) is 0 Å². The fourth-order valence-corrected chi connectivity index (χ4v) is 9.71. The van der Waals surface area contributed by atoms with Gasteiger partial charge in [-0.05, 0) is 38.5 Å². The minimum absolute atomic E-state index is 0. The first kappa shape index (κ1) is 73.7. The Morgan fingerprint density at radius 3 is 0.710 bits per heavy atom. The van der Waals surface area contributed by atoms with Crippen LogP contribution in [0.5, 0.6) is 0 Å². The minimum Gasteiger partial charge on any atom is -0.726 e. The van der Waals surface area contributed by atoms with Gasteiger partial charge in [0.25, 0.3) is 0 Å². The summed E-state index contributed by atoms with van der Waals surface area (Å²) >= 11 is 0. The summed E-state index contributed by atoms with van der Waals surface area (Å²) in [5, 5.41) is 0. The molecule has 2 unspecified atom stereocenters. The maximum absolute atomic E-state index is 10.9. The van der Waals surface area contributed by atoms with E-state index >= 15 is 0 Å². The van der Waals surface area contributed by atoms with Crippen LogP contribution in [0.2, 0.25) is 0 Å². The van der Waals surface area contributed by atoms with Gasteiger partial charge in [-0.1, -0.05) is 309 Å². The van der Waals surface area contributed by atoms with Gasteiger partial charge in [-0.25, -0.2) is 16.8 Å². The normalized spacial score (nSPS) is 13.0. The molecule has 0 fully saturated rings. The van der Waals surface area contributed by atoms with E-state index in [1.54, 1.807) is 0 Å². The van der Waals surface area contributed by atoms with Crippen molar-refractivity contribution >= 4 is 58.5 Å². The van der Waals surface area contributed by atoms with Gasteiger partial charge in [-0.15, -0.1) is 0 Å². The van der Waals surface area contributed by atoms with Crippen molar-refractivity contribution in [2.75, 3.05) is 13.2 Å². The predicted molar refractivity (Wildman–Crippen MR) is 297 cm³/mol. The molecule has 0 heterocycles. The second kappa shape index (κ2) is 59.4. The molecule has 0 aliphatic heterocycles. The van der Waals surface area contributed by atoms with Crippen LogP contribution in [0, 0.1) is 11.8 Å². The number of hydrogen-bond donors (Lipinski definition) is 0. The third kappa shape index (κ3) is 68.5. The van der Waals surface area contributed by atoms with E-state index in [4.69, 9.17) is 0 Å². The zero-order valence-electron chi connectivity index (χ0n) is 46.2. The monoisotopic (exact) mass is 1040 g/mol. The van der Waals surface area contributed by atoms with Crippen molar-refractivity contribution in [3.63, 3.8) is 0 Å². The largest absolute Gasteiger partial charge is 2.00 e. The van der Waals surface area contributed by atoms with E-state index in [1.807, 2.05) is 0 Å². The second-order valence-electron chi connectivity index (χ2n) is 20.4. The van der Waals surface area contributed by atoms with Crippen LogP contribution in [-0.4, -0.2) is 76.9 Å². The van der Waals surface area contributed by atoms with E-state index < -0.39 is 20.8 Å². The Morgan fingerprint density at radius 2 is 0.507 bits per heavy atom. The Morgan fingerprint density at radius 1 is 0.319 bits per heavy atom. The van der Waals surface area contributed by atoms with Crippen molar-refractivity contribution in [2.24, 2.45) is 11.8 Å². The van der Waals surface area contributed by atoms with Crippen LogP contribution in [-0.2, 0) is 29.2 Å².